The number of carbonyl (C=O) groups excluding carboxylic acids is 2. The van der Waals surface area contributed by atoms with Crippen molar-refractivity contribution in [2.75, 3.05) is 39.8 Å². The first kappa shape index (κ1) is 22.4. The lowest BCUT2D eigenvalue weighted by Crippen LogP contribution is -2.64. The quantitative estimate of drug-likeness (QED) is 0.738. The zero-order valence-electron chi connectivity index (χ0n) is 19.9. The highest BCUT2D eigenvalue weighted by molar-refractivity contribution is 6.03. The molecule has 3 heterocycles. The summed E-state index contributed by atoms with van der Waals surface area (Å²) in [7, 11) is 1.71. The molecule has 8 heteroatoms. The van der Waals surface area contributed by atoms with Gasteiger partial charge in [-0.3, -0.25) is 15.0 Å². The highest BCUT2D eigenvalue weighted by Gasteiger charge is 2.49. The topological polar surface area (TPSA) is 71.5 Å². The molecule has 2 unspecified atom stereocenters. The van der Waals surface area contributed by atoms with Crippen molar-refractivity contribution in [1.82, 2.24) is 24.9 Å². The zero-order chi connectivity index (χ0) is 23.7. The zero-order valence-corrected chi connectivity index (χ0v) is 19.9. The van der Waals surface area contributed by atoms with Gasteiger partial charge >= 0.3 is 6.03 Å². The highest BCUT2D eigenvalue weighted by atomic mass is 16.2. The van der Waals surface area contributed by atoms with E-state index in [1.165, 1.54) is 16.7 Å². The number of carbonyl (C=O) groups is 2. The van der Waals surface area contributed by atoms with Gasteiger partial charge in [0.1, 0.15) is 0 Å². The number of hydrogen-bond acceptors (Lipinski definition) is 6. The van der Waals surface area contributed by atoms with Gasteiger partial charge in [-0.25, -0.2) is 9.79 Å². The van der Waals surface area contributed by atoms with E-state index in [2.05, 4.69) is 63.3 Å². The minimum atomic E-state index is -0.494. The Morgan fingerprint density at radius 2 is 1.68 bits per heavy atom. The van der Waals surface area contributed by atoms with Crippen molar-refractivity contribution < 1.29 is 9.59 Å². The third kappa shape index (κ3) is 4.37. The fourth-order valence-corrected chi connectivity index (χ4v) is 5.04. The van der Waals surface area contributed by atoms with Crippen LogP contribution in [0.1, 0.15) is 16.7 Å². The summed E-state index contributed by atoms with van der Waals surface area (Å²) in [5.41, 5.74) is 3.90. The number of likely N-dealkylation sites (N-methyl/N-ethyl adjacent to an activating group) is 1. The molecule has 2 aromatic rings. The van der Waals surface area contributed by atoms with Crippen molar-refractivity contribution >= 4 is 17.9 Å². The summed E-state index contributed by atoms with van der Waals surface area (Å²) in [6.45, 7) is 7.30. The van der Waals surface area contributed by atoms with Crippen molar-refractivity contribution in [2.45, 2.75) is 32.1 Å². The van der Waals surface area contributed by atoms with Crippen LogP contribution in [0.25, 0.3) is 0 Å². The molecule has 2 aromatic carbocycles. The van der Waals surface area contributed by atoms with Gasteiger partial charge in [0.25, 0.3) is 5.91 Å². The maximum atomic E-state index is 12.9. The van der Waals surface area contributed by atoms with Crippen LogP contribution in [0.4, 0.5) is 4.79 Å². The van der Waals surface area contributed by atoms with Crippen LogP contribution in [0.2, 0.25) is 0 Å². The number of aliphatic imine (C=N–C) groups is 1. The predicted molar refractivity (Wildman–Crippen MR) is 131 cm³/mol. The van der Waals surface area contributed by atoms with Gasteiger partial charge in [-0.2, -0.15) is 0 Å². The van der Waals surface area contributed by atoms with Crippen LogP contribution < -0.4 is 5.32 Å². The average Bonchev–Trinajstić information content (AvgIpc) is 3.24. The second kappa shape index (κ2) is 9.46. The van der Waals surface area contributed by atoms with Crippen molar-refractivity contribution in [2.24, 2.45) is 4.99 Å². The second-order valence-corrected chi connectivity index (χ2v) is 9.31. The standard InChI is InChI=1S/C26H32N6O2/c1-19-8-6-7-11-21(19)18-30-14-16-31(17-15-30)25-27-23-22(24(33)28-26(34)29(23)2)32(25)13-12-20-9-4-3-5-10-20/h3-11,22-23H,12-18H2,1-2H3,(H,28,33,34). The molecule has 0 saturated carbocycles. The van der Waals surface area contributed by atoms with Crippen LogP contribution in [0.3, 0.4) is 0 Å². The first-order valence-electron chi connectivity index (χ1n) is 12.0. The molecule has 178 valence electrons. The molecule has 0 aromatic heterocycles. The Morgan fingerprint density at radius 3 is 2.41 bits per heavy atom. The van der Waals surface area contributed by atoms with Crippen LogP contribution in [0.15, 0.2) is 59.6 Å². The van der Waals surface area contributed by atoms with Crippen molar-refractivity contribution in [3.8, 4) is 0 Å². The third-order valence-electron chi connectivity index (χ3n) is 7.13. The Bertz CT molecular complexity index is 1080. The molecule has 5 rings (SSSR count). The van der Waals surface area contributed by atoms with E-state index in [1.54, 1.807) is 11.9 Å². The number of guanidine groups is 1. The molecule has 3 amide bonds. The molecule has 3 aliphatic rings. The Hall–Kier alpha value is -3.39. The first-order chi connectivity index (χ1) is 16.5. The van der Waals surface area contributed by atoms with Crippen LogP contribution in [-0.4, -0.2) is 89.5 Å². The molecule has 2 saturated heterocycles. The van der Waals surface area contributed by atoms with Crippen LogP contribution in [0.5, 0.6) is 0 Å². The molecule has 2 atom stereocenters. The third-order valence-corrected chi connectivity index (χ3v) is 7.13. The summed E-state index contributed by atoms with van der Waals surface area (Å²) >= 11 is 0. The minimum Gasteiger partial charge on any atom is -0.340 e. The lowest BCUT2D eigenvalue weighted by molar-refractivity contribution is -0.127. The SMILES string of the molecule is Cc1ccccc1CN1CCN(C2=NC3C(C(=O)NC(=O)N3C)N2CCc2ccccc2)CC1. The van der Waals surface area contributed by atoms with Gasteiger partial charge in [0.2, 0.25) is 0 Å². The molecule has 3 aliphatic heterocycles. The normalized spacial score (nSPS) is 23.1. The molecule has 2 fully saturated rings. The summed E-state index contributed by atoms with van der Waals surface area (Å²) in [5, 5.41) is 2.50. The van der Waals surface area contributed by atoms with E-state index >= 15 is 0 Å². The fourth-order valence-electron chi connectivity index (χ4n) is 5.04. The number of benzene rings is 2. The van der Waals surface area contributed by atoms with Crippen LogP contribution in [-0.2, 0) is 17.8 Å². The monoisotopic (exact) mass is 460 g/mol. The Balaban J connectivity index is 1.31. The van der Waals surface area contributed by atoms with Crippen LogP contribution in [0, 0.1) is 6.92 Å². The smallest absolute Gasteiger partial charge is 0.325 e. The largest absolute Gasteiger partial charge is 0.340 e. The lowest BCUT2D eigenvalue weighted by Gasteiger charge is -2.40. The van der Waals surface area contributed by atoms with Gasteiger partial charge in [0.15, 0.2) is 18.2 Å². The number of nitrogens with zero attached hydrogens (tertiary/aromatic N) is 5. The number of hydrogen-bond donors (Lipinski definition) is 1. The molecular weight excluding hydrogens is 428 g/mol. The average molecular weight is 461 g/mol. The summed E-state index contributed by atoms with van der Waals surface area (Å²) < 4.78 is 0. The van der Waals surface area contributed by atoms with E-state index in [4.69, 9.17) is 4.99 Å². The number of imide groups is 1. The van der Waals surface area contributed by atoms with E-state index in [-0.39, 0.29) is 11.9 Å². The van der Waals surface area contributed by atoms with Crippen LogP contribution >= 0.6 is 0 Å². The van der Waals surface area contributed by atoms with Crippen molar-refractivity contribution in [3.63, 3.8) is 0 Å². The number of urea groups is 1. The number of fused-ring (bicyclic) bond motifs is 1. The molecule has 0 radical (unpaired) electrons. The van der Waals surface area contributed by atoms with E-state index in [9.17, 15) is 9.59 Å². The molecule has 0 bridgehead atoms. The highest BCUT2D eigenvalue weighted by Crippen LogP contribution is 2.26. The lowest BCUT2D eigenvalue weighted by atomic mass is 10.1. The van der Waals surface area contributed by atoms with Gasteiger partial charge < -0.3 is 14.7 Å². The van der Waals surface area contributed by atoms with E-state index in [0.29, 0.717) is 6.54 Å². The molecule has 34 heavy (non-hydrogen) atoms. The first-order valence-corrected chi connectivity index (χ1v) is 12.0. The Kier molecular flexibility index (Phi) is 6.24. The molecular formula is C26H32N6O2. The summed E-state index contributed by atoms with van der Waals surface area (Å²) in [6, 6.07) is 17.9. The molecule has 1 N–H and O–H groups in total. The number of nitrogens with one attached hydrogen (secondary N) is 1. The Labute approximate surface area is 200 Å². The summed E-state index contributed by atoms with van der Waals surface area (Å²) in [5.74, 6) is 0.566. The molecule has 8 nitrogen and oxygen atoms in total. The van der Waals surface area contributed by atoms with Gasteiger partial charge in [0.05, 0.1) is 0 Å². The van der Waals surface area contributed by atoms with Crippen molar-refractivity contribution in [1.29, 1.82) is 0 Å². The maximum absolute atomic E-state index is 12.9. The molecule has 0 aliphatic carbocycles. The van der Waals surface area contributed by atoms with E-state index < -0.39 is 12.2 Å². The van der Waals surface area contributed by atoms with E-state index in [1.807, 2.05) is 18.2 Å². The van der Waals surface area contributed by atoms with E-state index in [0.717, 1.165) is 45.1 Å². The van der Waals surface area contributed by atoms with Gasteiger partial charge in [-0.1, -0.05) is 54.6 Å². The minimum absolute atomic E-state index is 0.266. The number of amides is 3. The van der Waals surface area contributed by atoms with Gasteiger partial charge in [0, 0.05) is 46.3 Å². The van der Waals surface area contributed by atoms with Gasteiger partial charge in [-0.05, 0) is 30.0 Å². The van der Waals surface area contributed by atoms with Crippen molar-refractivity contribution in [3.05, 3.63) is 71.3 Å². The number of piperazine rings is 1. The maximum Gasteiger partial charge on any atom is 0.325 e. The van der Waals surface area contributed by atoms with Gasteiger partial charge in [-0.15, -0.1) is 0 Å². The summed E-state index contributed by atoms with van der Waals surface area (Å²) in [6.07, 6.45) is 0.318. The fraction of sp³-hybridized carbons (Fsp3) is 0.423. The predicted octanol–water partition coefficient (Wildman–Crippen LogP) is 1.90. The summed E-state index contributed by atoms with van der Waals surface area (Å²) in [4.78, 5) is 38.4. The number of rotatable bonds is 5. The number of aryl methyl sites for hydroxylation is 1. The molecule has 0 spiro atoms. The second-order valence-electron chi connectivity index (χ2n) is 9.31. The Morgan fingerprint density at radius 1 is 0.971 bits per heavy atom.